The Labute approximate surface area is 303 Å². The SMILES string of the molecule is O=c1c(O[C@@H]2O[C@H](CO[C@@H]3O[C@H](CO)[C@@H](O)[C@H](O)[C@H]3O)[C@@H](O)[C@H](O)[C@@H]2O)c(-c2ccc(O[C@@H]3O[C@H](CO)[C@@H](O)[C@H](O)[C@H]3O)cc2)oc2cc(O)cc(O)c12. The van der Waals surface area contributed by atoms with Crippen LogP contribution in [0.25, 0.3) is 22.3 Å². The van der Waals surface area contributed by atoms with Crippen molar-refractivity contribution >= 4 is 11.0 Å². The summed E-state index contributed by atoms with van der Waals surface area (Å²) < 4.78 is 39.0. The molecule has 3 aromatic rings. The van der Waals surface area contributed by atoms with Gasteiger partial charge in [0.1, 0.15) is 101 Å². The van der Waals surface area contributed by atoms with E-state index in [0.717, 1.165) is 12.1 Å². The van der Waals surface area contributed by atoms with Gasteiger partial charge in [0.25, 0.3) is 0 Å². The lowest BCUT2D eigenvalue weighted by Crippen LogP contribution is -2.62. The van der Waals surface area contributed by atoms with Gasteiger partial charge in [-0.15, -0.1) is 0 Å². The molecule has 4 heterocycles. The van der Waals surface area contributed by atoms with Gasteiger partial charge in [0.2, 0.25) is 23.8 Å². The molecule has 3 aliphatic rings. The maximum Gasteiger partial charge on any atom is 0.239 e. The van der Waals surface area contributed by atoms with Crippen LogP contribution in [-0.4, -0.2) is 178 Å². The molecule has 0 unspecified atom stereocenters. The highest BCUT2D eigenvalue weighted by atomic mass is 16.7. The van der Waals surface area contributed by atoms with Crippen molar-refractivity contribution in [2.45, 2.75) is 92.1 Å². The van der Waals surface area contributed by atoms with E-state index in [1.54, 1.807) is 0 Å². The summed E-state index contributed by atoms with van der Waals surface area (Å²) in [6.45, 7) is -2.16. The van der Waals surface area contributed by atoms with Crippen LogP contribution in [0.5, 0.6) is 23.0 Å². The standard InChI is InChI=1S/C33H40O21/c34-7-15-19(38)23(42)26(45)31(51-15)48-9-17-21(40)25(44)28(47)33(53-17)54-30-22(41)18-13(37)5-11(36)6-14(18)50-29(30)10-1-3-12(4-2-10)49-32-27(46)24(43)20(39)16(8-35)52-32/h1-6,15-17,19-21,23-28,31-40,42-47H,7-9H2/t15-,16-,17-,19-,20-,21-,23+,24+,25+,26-,27-,28+,31-,32-,33+/m1/s1. The van der Waals surface area contributed by atoms with Crippen molar-refractivity contribution in [3.05, 3.63) is 46.6 Å². The van der Waals surface area contributed by atoms with Crippen molar-refractivity contribution in [2.24, 2.45) is 0 Å². The lowest BCUT2D eigenvalue weighted by molar-refractivity contribution is -0.323. The van der Waals surface area contributed by atoms with Crippen molar-refractivity contribution in [2.75, 3.05) is 19.8 Å². The summed E-state index contributed by atoms with van der Waals surface area (Å²) >= 11 is 0. The van der Waals surface area contributed by atoms with Crippen molar-refractivity contribution in [3.63, 3.8) is 0 Å². The minimum absolute atomic E-state index is 0.0226. The van der Waals surface area contributed by atoms with Gasteiger partial charge in [-0.1, -0.05) is 0 Å². The number of ether oxygens (including phenoxy) is 6. The first-order chi connectivity index (χ1) is 25.6. The van der Waals surface area contributed by atoms with Crippen LogP contribution in [0.4, 0.5) is 0 Å². The highest BCUT2D eigenvalue weighted by Gasteiger charge is 2.49. The summed E-state index contributed by atoms with van der Waals surface area (Å²) in [7, 11) is 0. The average molecular weight is 773 g/mol. The van der Waals surface area contributed by atoms with Crippen LogP contribution in [0.15, 0.2) is 45.6 Å². The summed E-state index contributed by atoms with van der Waals surface area (Å²) in [4.78, 5) is 13.9. The summed E-state index contributed by atoms with van der Waals surface area (Å²) in [5.41, 5.74) is -1.29. The van der Waals surface area contributed by atoms with Crippen LogP contribution >= 0.6 is 0 Å². The molecule has 21 nitrogen and oxygen atoms in total. The number of phenols is 2. The second-order valence-corrected chi connectivity index (χ2v) is 12.9. The monoisotopic (exact) mass is 772 g/mol. The van der Waals surface area contributed by atoms with E-state index in [4.69, 9.17) is 32.8 Å². The molecular weight excluding hydrogens is 732 g/mol. The van der Waals surface area contributed by atoms with Gasteiger partial charge in [0.05, 0.1) is 19.8 Å². The number of aliphatic hydroxyl groups excluding tert-OH is 11. The Bertz CT molecular complexity index is 1800. The zero-order valence-corrected chi connectivity index (χ0v) is 27.8. The number of aliphatic hydroxyl groups is 11. The summed E-state index contributed by atoms with van der Waals surface area (Å²) in [6, 6.07) is 7.15. The van der Waals surface area contributed by atoms with Gasteiger partial charge >= 0.3 is 0 Å². The zero-order chi connectivity index (χ0) is 39.2. The van der Waals surface area contributed by atoms with Crippen molar-refractivity contribution in [3.8, 4) is 34.3 Å². The molecule has 0 aliphatic carbocycles. The van der Waals surface area contributed by atoms with Gasteiger partial charge in [0.15, 0.2) is 12.1 Å². The van der Waals surface area contributed by atoms with Gasteiger partial charge in [-0.25, -0.2) is 0 Å². The van der Waals surface area contributed by atoms with E-state index in [9.17, 15) is 71.2 Å². The van der Waals surface area contributed by atoms with Gasteiger partial charge in [-0.2, -0.15) is 0 Å². The van der Waals surface area contributed by atoms with Gasteiger partial charge < -0.3 is 99.2 Å². The number of rotatable bonds is 10. The molecule has 2 aromatic carbocycles. The molecule has 0 saturated carbocycles. The third-order valence-corrected chi connectivity index (χ3v) is 9.31. The first-order valence-corrected chi connectivity index (χ1v) is 16.5. The normalized spacial score (nSPS) is 37.3. The van der Waals surface area contributed by atoms with Gasteiger partial charge in [0, 0.05) is 17.7 Å². The van der Waals surface area contributed by atoms with E-state index in [1.165, 1.54) is 24.3 Å². The Morgan fingerprint density at radius 3 is 1.67 bits per heavy atom. The Morgan fingerprint density at radius 2 is 1.09 bits per heavy atom. The van der Waals surface area contributed by atoms with Crippen molar-refractivity contribution < 1.29 is 99.2 Å². The Balaban J connectivity index is 1.28. The van der Waals surface area contributed by atoms with Crippen LogP contribution in [0.1, 0.15) is 0 Å². The molecule has 0 radical (unpaired) electrons. The summed E-state index contributed by atoms with van der Waals surface area (Å²) in [5, 5.41) is 132. The molecular formula is C33H40O21. The van der Waals surface area contributed by atoms with Crippen LogP contribution in [-0.2, 0) is 18.9 Å². The Kier molecular flexibility index (Phi) is 11.9. The maximum atomic E-state index is 13.9. The van der Waals surface area contributed by atoms with Crippen molar-refractivity contribution in [1.29, 1.82) is 0 Å². The molecule has 0 bridgehead atoms. The van der Waals surface area contributed by atoms with E-state index >= 15 is 0 Å². The molecule has 3 aliphatic heterocycles. The molecule has 6 rings (SSSR count). The summed E-state index contributed by atoms with van der Waals surface area (Å²) in [6.07, 6.45) is -25.5. The molecule has 0 spiro atoms. The topological polar surface area (TPSA) is 349 Å². The van der Waals surface area contributed by atoms with E-state index in [1.807, 2.05) is 0 Å². The number of phenolic OH excluding ortho intramolecular Hbond substituents is 2. The number of hydrogen-bond donors (Lipinski definition) is 13. The van der Waals surface area contributed by atoms with Crippen LogP contribution in [0.2, 0.25) is 0 Å². The number of hydrogen-bond acceptors (Lipinski definition) is 21. The minimum Gasteiger partial charge on any atom is -0.508 e. The number of benzene rings is 2. The molecule has 3 fully saturated rings. The smallest absolute Gasteiger partial charge is 0.239 e. The van der Waals surface area contributed by atoms with E-state index in [0.29, 0.717) is 0 Å². The van der Waals surface area contributed by atoms with Gasteiger partial charge in [-0.05, 0) is 24.3 Å². The second-order valence-electron chi connectivity index (χ2n) is 12.9. The van der Waals surface area contributed by atoms with Crippen LogP contribution in [0, 0.1) is 0 Å². The third-order valence-electron chi connectivity index (χ3n) is 9.31. The van der Waals surface area contributed by atoms with E-state index < -0.39 is 140 Å². The predicted molar refractivity (Wildman–Crippen MR) is 173 cm³/mol. The fourth-order valence-corrected chi connectivity index (χ4v) is 6.21. The van der Waals surface area contributed by atoms with E-state index in [2.05, 4.69) is 0 Å². The number of aromatic hydroxyl groups is 2. The molecule has 3 saturated heterocycles. The first kappa shape index (κ1) is 39.9. The fourth-order valence-electron chi connectivity index (χ4n) is 6.21. The Hall–Kier alpha value is -3.75. The average Bonchev–Trinajstić information content (AvgIpc) is 3.15. The molecule has 54 heavy (non-hydrogen) atoms. The lowest BCUT2D eigenvalue weighted by atomic mass is 9.98. The first-order valence-electron chi connectivity index (χ1n) is 16.5. The minimum atomic E-state index is -2.03. The molecule has 0 amide bonds. The highest BCUT2D eigenvalue weighted by molar-refractivity contribution is 5.88. The maximum absolute atomic E-state index is 13.9. The number of fused-ring (bicyclic) bond motifs is 1. The second kappa shape index (κ2) is 16.2. The fraction of sp³-hybridized carbons (Fsp3) is 0.545. The largest absolute Gasteiger partial charge is 0.508 e. The quantitative estimate of drug-likeness (QED) is 0.0918. The Morgan fingerprint density at radius 1 is 0.593 bits per heavy atom. The molecule has 298 valence electrons. The third kappa shape index (κ3) is 7.58. The van der Waals surface area contributed by atoms with Gasteiger partial charge in [-0.3, -0.25) is 4.79 Å². The molecule has 13 N–H and O–H groups in total. The molecule has 15 atom stereocenters. The van der Waals surface area contributed by atoms with Crippen LogP contribution in [0.3, 0.4) is 0 Å². The molecule has 1 aromatic heterocycles. The lowest BCUT2D eigenvalue weighted by Gasteiger charge is -2.42. The molecule has 21 heteroatoms. The van der Waals surface area contributed by atoms with Crippen LogP contribution < -0.4 is 14.9 Å². The summed E-state index contributed by atoms with van der Waals surface area (Å²) in [5.74, 6) is -2.25. The van der Waals surface area contributed by atoms with E-state index in [-0.39, 0.29) is 22.7 Å². The predicted octanol–water partition coefficient (Wildman–Crippen LogP) is -4.95. The van der Waals surface area contributed by atoms with Crippen molar-refractivity contribution in [1.82, 2.24) is 0 Å². The highest BCUT2D eigenvalue weighted by Crippen LogP contribution is 2.38. The zero-order valence-electron chi connectivity index (χ0n) is 27.8.